The molecule has 2 aromatic carbocycles. The van der Waals surface area contributed by atoms with Gasteiger partial charge in [0, 0.05) is 52.1 Å². The van der Waals surface area contributed by atoms with Gasteiger partial charge in [-0.15, -0.1) is 0 Å². The number of nitriles is 2. The Labute approximate surface area is 168 Å². The smallest absolute Gasteiger partial charge is 0.0635 e. The summed E-state index contributed by atoms with van der Waals surface area (Å²) in [6, 6.07) is 25.4. The lowest BCUT2D eigenvalue weighted by atomic mass is 10.1. The molecule has 0 heterocycles. The van der Waals surface area contributed by atoms with E-state index < -0.39 is 0 Å². The van der Waals surface area contributed by atoms with E-state index in [1.807, 2.05) is 12.1 Å². The van der Waals surface area contributed by atoms with Crippen LogP contribution in [0.15, 0.2) is 72.8 Å². The Morgan fingerprint density at radius 3 is 1.50 bits per heavy atom. The third kappa shape index (κ3) is 8.64. The van der Waals surface area contributed by atoms with Crippen LogP contribution >= 0.6 is 0 Å². The van der Waals surface area contributed by atoms with Crippen molar-refractivity contribution in [1.82, 2.24) is 9.80 Å². The molecular formula is C24H28N4. The van der Waals surface area contributed by atoms with Crippen molar-refractivity contribution in [2.45, 2.75) is 25.9 Å². The predicted molar refractivity (Wildman–Crippen MR) is 113 cm³/mol. The highest BCUT2D eigenvalue weighted by atomic mass is 15.1. The Bertz CT molecular complexity index is 712. The first-order chi connectivity index (χ1) is 13.8. The Morgan fingerprint density at radius 1 is 0.643 bits per heavy atom. The van der Waals surface area contributed by atoms with Crippen LogP contribution in [0.1, 0.15) is 24.0 Å². The highest BCUT2D eigenvalue weighted by Gasteiger charge is 2.06. The Hall–Kier alpha value is -2.92. The molecule has 0 saturated heterocycles. The Kier molecular flexibility index (Phi) is 10.1. The van der Waals surface area contributed by atoms with Gasteiger partial charge in [-0.2, -0.15) is 10.5 Å². The van der Waals surface area contributed by atoms with Gasteiger partial charge in [0.05, 0.1) is 12.1 Å². The van der Waals surface area contributed by atoms with E-state index in [0.717, 1.165) is 26.2 Å². The number of nitrogens with zero attached hydrogens (tertiary/aromatic N) is 4. The van der Waals surface area contributed by atoms with Crippen molar-refractivity contribution in [2.24, 2.45) is 0 Å². The summed E-state index contributed by atoms with van der Waals surface area (Å²) in [5.41, 5.74) is 2.60. The lowest BCUT2D eigenvalue weighted by Crippen LogP contribution is -2.26. The highest BCUT2D eigenvalue weighted by molar-refractivity contribution is 5.17. The summed E-state index contributed by atoms with van der Waals surface area (Å²) in [4.78, 5) is 4.57. The average Bonchev–Trinajstić information content (AvgIpc) is 2.74. The summed E-state index contributed by atoms with van der Waals surface area (Å²) < 4.78 is 0. The molecule has 0 aliphatic heterocycles. The van der Waals surface area contributed by atoms with Crippen molar-refractivity contribution in [3.63, 3.8) is 0 Å². The quantitative estimate of drug-likeness (QED) is 0.519. The van der Waals surface area contributed by atoms with Crippen LogP contribution in [0.2, 0.25) is 0 Å². The van der Waals surface area contributed by atoms with Gasteiger partial charge in [0.1, 0.15) is 0 Å². The molecule has 0 fully saturated rings. The molecule has 4 heteroatoms. The maximum Gasteiger partial charge on any atom is 0.0635 e. The van der Waals surface area contributed by atoms with E-state index in [9.17, 15) is 0 Å². The van der Waals surface area contributed by atoms with Gasteiger partial charge in [0.2, 0.25) is 0 Å². The molecule has 0 aliphatic rings. The van der Waals surface area contributed by atoms with Crippen LogP contribution in [-0.2, 0) is 13.1 Å². The number of rotatable bonds is 12. The zero-order valence-corrected chi connectivity index (χ0v) is 16.4. The minimum Gasteiger partial charge on any atom is -0.298 e. The van der Waals surface area contributed by atoms with Gasteiger partial charge in [-0.3, -0.25) is 9.80 Å². The predicted octanol–water partition coefficient (Wildman–Crippen LogP) is 4.37. The number of hydrogen-bond acceptors (Lipinski definition) is 4. The lowest BCUT2D eigenvalue weighted by molar-refractivity contribution is 0.284. The maximum absolute atomic E-state index is 8.80. The second-order valence-electron chi connectivity index (χ2n) is 6.73. The van der Waals surface area contributed by atoms with Crippen LogP contribution in [0.5, 0.6) is 0 Å². The largest absolute Gasteiger partial charge is 0.298 e. The van der Waals surface area contributed by atoms with Crippen molar-refractivity contribution >= 4 is 0 Å². The zero-order chi connectivity index (χ0) is 19.9. The minimum atomic E-state index is 0.493. The van der Waals surface area contributed by atoms with E-state index in [2.05, 4.69) is 82.6 Å². The fraction of sp³-hybridized carbons (Fsp3) is 0.333. The van der Waals surface area contributed by atoms with E-state index in [4.69, 9.17) is 10.5 Å². The van der Waals surface area contributed by atoms with Crippen molar-refractivity contribution in [1.29, 1.82) is 10.5 Å². The van der Waals surface area contributed by atoms with Crippen molar-refractivity contribution in [3.8, 4) is 12.1 Å². The molecule has 0 saturated carbocycles. The summed E-state index contributed by atoms with van der Waals surface area (Å²) >= 11 is 0. The van der Waals surface area contributed by atoms with Gasteiger partial charge in [-0.25, -0.2) is 0 Å². The highest BCUT2D eigenvalue weighted by Crippen LogP contribution is 2.10. The SMILES string of the molecule is N#CCCN(CC=CCN(Cc1ccccc1)Cc1ccccc1)CCC#N. The van der Waals surface area contributed by atoms with Gasteiger partial charge in [-0.1, -0.05) is 72.8 Å². The molecule has 0 radical (unpaired) electrons. The third-order valence-corrected chi connectivity index (χ3v) is 4.47. The molecule has 0 aromatic heterocycles. The Morgan fingerprint density at radius 2 is 1.07 bits per heavy atom. The monoisotopic (exact) mass is 372 g/mol. The minimum absolute atomic E-state index is 0.493. The summed E-state index contributed by atoms with van der Waals surface area (Å²) in [7, 11) is 0. The fourth-order valence-corrected chi connectivity index (χ4v) is 3.03. The molecule has 28 heavy (non-hydrogen) atoms. The standard InChI is InChI=1S/C24H28N4/c25-15-9-19-27(20-10-16-26)17-7-8-18-28(21-23-11-3-1-4-12-23)22-24-13-5-2-6-14-24/h1-8,11-14H,9-10,17-22H2. The van der Waals surface area contributed by atoms with Crippen LogP contribution in [0.3, 0.4) is 0 Å². The summed E-state index contributed by atoms with van der Waals surface area (Å²) in [6.45, 7) is 4.84. The van der Waals surface area contributed by atoms with E-state index in [1.165, 1.54) is 11.1 Å². The summed E-state index contributed by atoms with van der Waals surface area (Å²) in [6.07, 6.45) is 5.33. The summed E-state index contributed by atoms with van der Waals surface area (Å²) in [5, 5.41) is 17.6. The topological polar surface area (TPSA) is 54.1 Å². The van der Waals surface area contributed by atoms with Crippen LogP contribution in [0.4, 0.5) is 0 Å². The first-order valence-electron chi connectivity index (χ1n) is 9.73. The molecule has 144 valence electrons. The lowest BCUT2D eigenvalue weighted by Gasteiger charge is -2.22. The van der Waals surface area contributed by atoms with E-state index in [0.29, 0.717) is 25.9 Å². The molecule has 0 spiro atoms. The van der Waals surface area contributed by atoms with E-state index in [1.54, 1.807) is 0 Å². The van der Waals surface area contributed by atoms with Crippen molar-refractivity contribution in [2.75, 3.05) is 26.2 Å². The molecule has 0 unspecified atom stereocenters. The van der Waals surface area contributed by atoms with Crippen LogP contribution in [0, 0.1) is 22.7 Å². The second-order valence-corrected chi connectivity index (χ2v) is 6.73. The first-order valence-corrected chi connectivity index (χ1v) is 9.73. The average molecular weight is 373 g/mol. The van der Waals surface area contributed by atoms with Gasteiger partial charge in [0.25, 0.3) is 0 Å². The molecular weight excluding hydrogens is 344 g/mol. The molecule has 0 atom stereocenters. The van der Waals surface area contributed by atoms with E-state index >= 15 is 0 Å². The zero-order valence-electron chi connectivity index (χ0n) is 16.4. The number of benzene rings is 2. The second kappa shape index (κ2) is 13.3. The molecule has 0 bridgehead atoms. The normalized spacial score (nSPS) is 11.0. The Balaban J connectivity index is 1.93. The van der Waals surface area contributed by atoms with Crippen LogP contribution in [0.25, 0.3) is 0 Å². The van der Waals surface area contributed by atoms with Gasteiger partial charge in [-0.05, 0) is 11.1 Å². The molecule has 2 rings (SSSR count). The van der Waals surface area contributed by atoms with Crippen LogP contribution < -0.4 is 0 Å². The molecule has 2 aromatic rings. The maximum atomic E-state index is 8.80. The molecule has 0 N–H and O–H groups in total. The first kappa shape index (κ1) is 21.4. The van der Waals surface area contributed by atoms with Crippen molar-refractivity contribution in [3.05, 3.63) is 83.9 Å². The van der Waals surface area contributed by atoms with Gasteiger partial charge >= 0.3 is 0 Å². The number of hydrogen-bond donors (Lipinski definition) is 0. The fourth-order valence-electron chi connectivity index (χ4n) is 3.03. The molecule has 4 nitrogen and oxygen atoms in total. The van der Waals surface area contributed by atoms with Gasteiger partial charge < -0.3 is 0 Å². The van der Waals surface area contributed by atoms with Crippen molar-refractivity contribution < 1.29 is 0 Å². The molecule has 0 amide bonds. The third-order valence-electron chi connectivity index (χ3n) is 4.47. The van der Waals surface area contributed by atoms with Crippen LogP contribution in [-0.4, -0.2) is 36.0 Å². The summed E-state index contributed by atoms with van der Waals surface area (Å²) in [5.74, 6) is 0. The molecule has 0 aliphatic carbocycles. The van der Waals surface area contributed by atoms with Gasteiger partial charge in [0.15, 0.2) is 0 Å². The van der Waals surface area contributed by atoms with E-state index in [-0.39, 0.29) is 0 Å².